The van der Waals surface area contributed by atoms with Gasteiger partial charge in [0.2, 0.25) is 0 Å². The van der Waals surface area contributed by atoms with E-state index < -0.39 is 0 Å². The molecule has 5 rings (SSSR count). The van der Waals surface area contributed by atoms with Crippen LogP contribution in [0.2, 0.25) is 0 Å². The zero-order valence-corrected chi connectivity index (χ0v) is 12.0. The van der Waals surface area contributed by atoms with Crippen LogP contribution < -0.4 is 5.73 Å². The Kier molecular flexibility index (Phi) is 2.60. The van der Waals surface area contributed by atoms with Gasteiger partial charge in [-0.25, -0.2) is 0 Å². The van der Waals surface area contributed by atoms with Crippen molar-refractivity contribution >= 4 is 11.3 Å². The summed E-state index contributed by atoms with van der Waals surface area (Å²) in [7, 11) is 0. The van der Waals surface area contributed by atoms with Gasteiger partial charge in [0.15, 0.2) is 0 Å². The van der Waals surface area contributed by atoms with Crippen molar-refractivity contribution in [2.75, 3.05) is 0 Å². The van der Waals surface area contributed by atoms with E-state index in [1.54, 1.807) is 0 Å². The number of rotatable bonds is 2. The monoisotopic (exact) mass is 261 g/mol. The van der Waals surface area contributed by atoms with E-state index in [1.807, 2.05) is 11.3 Å². The maximum Gasteiger partial charge on any atom is 0.0337 e. The van der Waals surface area contributed by atoms with Crippen molar-refractivity contribution in [1.82, 2.24) is 0 Å². The van der Waals surface area contributed by atoms with Crippen molar-refractivity contribution in [2.45, 2.75) is 45.1 Å². The van der Waals surface area contributed by atoms with Crippen LogP contribution in [0, 0.1) is 36.5 Å². The first-order valence-corrected chi connectivity index (χ1v) is 8.39. The van der Waals surface area contributed by atoms with Crippen molar-refractivity contribution in [3.05, 3.63) is 21.9 Å². The highest BCUT2D eigenvalue weighted by atomic mass is 32.1. The Morgan fingerprint density at radius 2 is 1.72 bits per heavy atom. The molecule has 1 unspecified atom stereocenters. The standard InChI is InChI=1S/C16H23NS/c1-9-2-14(8-18-9)16(17)15-12-4-10-3-11(6-12)7-13(15)5-10/h2,8,10-13,15-16H,3-7,17H2,1H3. The van der Waals surface area contributed by atoms with Crippen LogP contribution in [0.15, 0.2) is 11.4 Å². The number of aryl methyl sites for hydroxylation is 1. The lowest BCUT2D eigenvalue weighted by molar-refractivity contribution is -0.0471. The van der Waals surface area contributed by atoms with Crippen LogP contribution in [0.25, 0.3) is 0 Å². The number of thiophene rings is 1. The molecule has 4 fully saturated rings. The zero-order chi connectivity index (χ0) is 12.3. The van der Waals surface area contributed by atoms with E-state index in [-0.39, 0.29) is 0 Å². The molecule has 4 saturated carbocycles. The minimum absolute atomic E-state index is 0.310. The van der Waals surface area contributed by atoms with E-state index in [9.17, 15) is 0 Å². The van der Waals surface area contributed by atoms with E-state index in [2.05, 4.69) is 18.4 Å². The first-order chi connectivity index (χ1) is 8.70. The largest absolute Gasteiger partial charge is 0.324 e. The summed E-state index contributed by atoms with van der Waals surface area (Å²) < 4.78 is 0. The third kappa shape index (κ3) is 1.69. The van der Waals surface area contributed by atoms with Crippen LogP contribution >= 0.6 is 11.3 Å². The molecule has 0 saturated heterocycles. The Balaban J connectivity index is 1.61. The predicted molar refractivity (Wildman–Crippen MR) is 76.5 cm³/mol. The van der Waals surface area contributed by atoms with Crippen molar-refractivity contribution < 1.29 is 0 Å². The van der Waals surface area contributed by atoms with Crippen LogP contribution in [0.5, 0.6) is 0 Å². The fraction of sp³-hybridized carbons (Fsp3) is 0.750. The van der Waals surface area contributed by atoms with Gasteiger partial charge in [-0.05, 0) is 85.6 Å². The SMILES string of the molecule is Cc1cc(C(N)C2C3CC4CC(C3)CC2C4)cs1. The normalized spacial score (nSPS) is 43.3. The number of nitrogens with two attached hydrogens (primary N) is 1. The van der Waals surface area contributed by atoms with Crippen LogP contribution in [0.1, 0.15) is 48.6 Å². The predicted octanol–water partition coefficient (Wildman–Crippen LogP) is 4.13. The Labute approximate surface area is 114 Å². The molecule has 0 radical (unpaired) electrons. The average molecular weight is 261 g/mol. The maximum atomic E-state index is 6.64. The topological polar surface area (TPSA) is 26.0 Å². The summed E-state index contributed by atoms with van der Waals surface area (Å²) in [5.74, 6) is 4.78. The van der Waals surface area contributed by atoms with Gasteiger partial charge in [0.05, 0.1) is 0 Å². The Hall–Kier alpha value is -0.340. The Bertz CT molecular complexity index is 422. The van der Waals surface area contributed by atoms with Gasteiger partial charge >= 0.3 is 0 Å². The van der Waals surface area contributed by atoms with E-state index in [4.69, 9.17) is 5.73 Å². The van der Waals surface area contributed by atoms with E-state index in [1.165, 1.54) is 42.5 Å². The molecule has 4 aliphatic rings. The lowest BCUT2D eigenvalue weighted by atomic mass is 9.50. The van der Waals surface area contributed by atoms with E-state index in [0.29, 0.717) is 6.04 Å². The molecule has 1 aromatic heterocycles. The molecule has 0 aromatic carbocycles. The number of hydrogen-bond acceptors (Lipinski definition) is 2. The summed E-state index contributed by atoms with van der Waals surface area (Å²) in [6, 6.07) is 2.63. The minimum atomic E-state index is 0.310. The second-order valence-corrected chi connectivity index (χ2v) is 8.14. The molecule has 4 aliphatic carbocycles. The molecule has 1 atom stereocenters. The quantitative estimate of drug-likeness (QED) is 0.851. The van der Waals surface area contributed by atoms with Crippen molar-refractivity contribution in [3.63, 3.8) is 0 Å². The van der Waals surface area contributed by atoms with Gasteiger partial charge in [-0.2, -0.15) is 0 Å². The van der Waals surface area contributed by atoms with Gasteiger partial charge in [-0.1, -0.05) is 0 Å². The van der Waals surface area contributed by atoms with Crippen LogP contribution in [-0.2, 0) is 0 Å². The maximum absolute atomic E-state index is 6.64. The van der Waals surface area contributed by atoms with Gasteiger partial charge < -0.3 is 5.73 Å². The Morgan fingerprint density at radius 3 is 2.22 bits per heavy atom. The van der Waals surface area contributed by atoms with Crippen molar-refractivity contribution in [3.8, 4) is 0 Å². The van der Waals surface area contributed by atoms with Crippen molar-refractivity contribution in [2.24, 2.45) is 35.3 Å². The summed E-state index contributed by atoms with van der Waals surface area (Å²) in [6.07, 6.45) is 7.46. The van der Waals surface area contributed by atoms with Crippen LogP contribution in [0.3, 0.4) is 0 Å². The Morgan fingerprint density at radius 1 is 1.11 bits per heavy atom. The first-order valence-electron chi connectivity index (χ1n) is 7.51. The first kappa shape index (κ1) is 11.5. The molecule has 0 amide bonds. The second-order valence-electron chi connectivity index (χ2n) is 7.02. The summed E-state index contributed by atoms with van der Waals surface area (Å²) in [4.78, 5) is 1.41. The third-order valence-electron chi connectivity index (χ3n) is 5.85. The molecular weight excluding hydrogens is 238 g/mol. The van der Waals surface area contributed by atoms with Crippen LogP contribution in [0.4, 0.5) is 0 Å². The molecule has 4 bridgehead atoms. The summed E-state index contributed by atoms with van der Waals surface area (Å²) in [6.45, 7) is 2.19. The fourth-order valence-electron chi connectivity index (χ4n) is 5.41. The second kappa shape index (κ2) is 4.08. The van der Waals surface area contributed by atoms with E-state index in [0.717, 1.165) is 29.6 Å². The lowest BCUT2D eigenvalue weighted by Gasteiger charge is -2.56. The molecule has 0 aliphatic heterocycles. The summed E-state index contributed by atoms with van der Waals surface area (Å²) >= 11 is 1.85. The van der Waals surface area contributed by atoms with Gasteiger partial charge in [0.1, 0.15) is 0 Å². The smallest absolute Gasteiger partial charge is 0.0337 e. The molecule has 0 spiro atoms. The summed E-state index contributed by atoms with van der Waals surface area (Å²) in [5, 5.41) is 2.30. The molecule has 2 N–H and O–H groups in total. The minimum Gasteiger partial charge on any atom is -0.324 e. The number of hydrogen-bond donors (Lipinski definition) is 1. The molecule has 98 valence electrons. The molecule has 18 heavy (non-hydrogen) atoms. The fourth-order valence-corrected chi connectivity index (χ4v) is 6.17. The van der Waals surface area contributed by atoms with Crippen LogP contribution in [-0.4, -0.2) is 0 Å². The van der Waals surface area contributed by atoms with Crippen molar-refractivity contribution in [1.29, 1.82) is 0 Å². The zero-order valence-electron chi connectivity index (χ0n) is 11.1. The highest BCUT2D eigenvalue weighted by molar-refractivity contribution is 7.10. The molecule has 1 heterocycles. The lowest BCUT2D eigenvalue weighted by Crippen LogP contribution is -2.48. The molecule has 2 heteroatoms. The highest BCUT2D eigenvalue weighted by Crippen LogP contribution is 2.59. The van der Waals surface area contributed by atoms with Gasteiger partial charge in [0.25, 0.3) is 0 Å². The molecular formula is C16H23NS. The summed E-state index contributed by atoms with van der Waals surface area (Å²) in [5.41, 5.74) is 8.05. The third-order valence-corrected chi connectivity index (χ3v) is 6.73. The molecule has 1 aromatic rings. The average Bonchev–Trinajstić information content (AvgIpc) is 2.74. The highest BCUT2D eigenvalue weighted by Gasteiger charge is 2.50. The van der Waals surface area contributed by atoms with Gasteiger partial charge in [-0.15, -0.1) is 11.3 Å². The van der Waals surface area contributed by atoms with E-state index >= 15 is 0 Å². The van der Waals surface area contributed by atoms with Gasteiger partial charge in [0, 0.05) is 10.9 Å². The van der Waals surface area contributed by atoms with Gasteiger partial charge in [-0.3, -0.25) is 0 Å². The molecule has 1 nitrogen and oxygen atoms in total.